The smallest absolute Gasteiger partial charge is 0.244 e. The molecule has 0 radical (unpaired) electrons. The molecule has 1 aromatic heterocycles. The van der Waals surface area contributed by atoms with E-state index in [0.29, 0.717) is 18.3 Å². The van der Waals surface area contributed by atoms with Gasteiger partial charge < -0.3 is 15.4 Å². The molecule has 0 bridgehead atoms. The average molecular weight is 321 g/mol. The van der Waals surface area contributed by atoms with Crippen molar-refractivity contribution in [1.82, 2.24) is 15.2 Å². The third-order valence-electron chi connectivity index (χ3n) is 3.60. The Bertz CT molecular complexity index is 822. The maximum atomic E-state index is 5.34. The van der Waals surface area contributed by atoms with Crippen molar-refractivity contribution in [3.8, 4) is 5.75 Å². The topological polar surface area (TPSA) is 72.0 Å². The number of methoxy groups -OCH3 is 1. The SMILES string of the molecule is COc1ccccc1CNc1nncc(Nc2ccccc2C)n1. The maximum Gasteiger partial charge on any atom is 0.244 e. The molecule has 2 aromatic carbocycles. The minimum atomic E-state index is 0.458. The molecular weight excluding hydrogens is 302 g/mol. The van der Waals surface area contributed by atoms with Crippen LogP contribution in [0.3, 0.4) is 0 Å². The molecule has 0 aliphatic rings. The van der Waals surface area contributed by atoms with Gasteiger partial charge in [-0.05, 0) is 24.6 Å². The van der Waals surface area contributed by atoms with E-state index in [0.717, 1.165) is 22.6 Å². The van der Waals surface area contributed by atoms with Crippen molar-refractivity contribution < 1.29 is 4.74 Å². The number of nitrogens with one attached hydrogen (secondary N) is 2. The van der Waals surface area contributed by atoms with E-state index in [1.165, 1.54) is 0 Å². The third kappa shape index (κ3) is 3.78. The average Bonchev–Trinajstić information content (AvgIpc) is 2.62. The Morgan fingerprint density at radius 1 is 1.04 bits per heavy atom. The summed E-state index contributed by atoms with van der Waals surface area (Å²) in [5.41, 5.74) is 3.16. The van der Waals surface area contributed by atoms with E-state index >= 15 is 0 Å². The Labute approximate surface area is 140 Å². The van der Waals surface area contributed by atoms with Gasteiger partial charge in [0, 0.05) is 17.8 Å². The number of rotatable bonds is 6. The molecule has 3 aromatic rings. The number of hydrogen-bond donors (Lipinski definition) is 2. The normalized spacial score (nSPS) is 10.2. The second-order valence-electron chi connectivity index (χ2n) is 5.27. The van der Waals surface area contributed by atoms with E-state index in [4.69, 9.17) is 4.74 Å². The Morgan fingerprint density at radius 3 is 2.67 bits per heavy atom. The van der Waals surface area contributed by atoms with E-state index in [9.17, 15) is 0 Å². The highest BCUT2D eigenvalue weighted by Gasteiger charge is 2.05. The van der Waals surface area contributed by atoms with Gasteiger partial charge in [0.05, 0.1) is 13.3 Å². The van der Waals surface area contributed by atoms with Crippen LogP contribution in [-0.4, -0.2) is 22.3 Å². The summed E-state index contributed by atoms with van der Waals surface area (Å²) in [6.07, 6.45) is 1.60. The Kier molecular flexibility index (Phi) is 4.86. The number of ether oxygens (including phenoxy) is 1. The molecule has 0 amide bonds. The van der Waals surface area contributed by atoms with Gasteiger partial charge in [0.15, 0.2) is 5.82 Å². The monoisotopic (exact) mass is 321 g/mol. The van der Waals surface area contributed by atoms with Gasteiger partial charge in [-0.15, -0.1) is 5.10 Å². The van der Waals surface area contributed by atoms with E-state index in [1.807, 2.05) is 55.5 Å². The summed E-state index contributed by atoms with van der Waals surface area (Å²) in [6, 6.07) is 15.8. The standard InChI is InChI=1S/C18H19N5O/c1-13-7-3-5-9-15(13)21-17-12-20-23-18(22-17)19-11-14-8-4-6-10-16(14)24-2/h3-10,12H,11H2,1-2H3,(H2,19,21,22,23). The van der Waals surface area contributed by atoms with Gasteiger partial charge in [-0.25, -0.2) is 0 Å². The molecule has 6 heteroatoms. The number of hydrogen-bond acceptors (Lipinski definition) is 6. The molecule has 0 atom stereocenters. The number of nitrogens with zero attached hydrogens (tertiary/aromatic N) is 3. The van der Waals surface area contributed by atoms with Crippen LogP contribution in [0.1, 0.15) is 11.1 Å². The van der Waals surface area contributed by atoms with Crippen LogP contribution in [-0.2, 0) is 6.54 Å². The predicted octanol–water partition coefficient (Wildman–Crippen LogP) is 3.54. The Hall–Kier alpha value is -3.15. The molecule has 0 fully saturated rings. The first kappa shape index (κ1) is 15.7. The third-order valence-corrected chi connectivity index (χ3v) is 3.60. The molecule has 1 heterocycles. The number of benzene rings is 2. The fraction of sp³-hybridized carbons (Fsp3) is 0.167. The molecule has 6 nitrogen and oxygen atoms in total. The zero-order valence-electron chi connectivity index (χ0n) is 13.7. The highest BCUT2D eigenvalue weighted by atomic mass is 16.5. The summed E-state index contributed by atoms with van der Waals surface area (Å²) in [5.74, 6) is 1.92. The lowest BCUT2D eigenvalue weighted by Gasteiger charge is -2.11. The zero-order chi connectivity index (χ0) is 16.8. The van der Waals surface area contributed by atoms with Crippen LogP contribution in [0, 0.1) is 6.92 Å². The number of aryl methyl sites for hydroxylation is 1. The van der Waals surface area contributed by atoms with Crippen LogP contribution in [0.4, 0.5) is 17.5 Å². The Balaban J connectivity index is 1.70. The van der Waals surface area contributed by atoms with E-state index in [-0.39, 0.29) is 0 Å². The highest BCUT2D eigenvalue weighted by molar-refractivity contribution is 5.60. The summed E-state index contributed by atoms with van der Waals surface area (Å²) in [4.78, 5) is 4.44. The maximum absolute atomic E-state index is 5.34. The molecule has 0 aliphatic heterocycles. The summed E-state index contributed by atoms with van der Waals surface area (Å²) < 4.78 is 5.34. The fourth-order valence-corrected chi connectivity index (χ4v) is 2.31. The van der Waals surface area contributed by atoms with Gasteiger partial charge in [-0.2, -0.15) is 10.1 Å². The van der Waals surface area contributed by atoms with Gasteiger partial charge in [0.2, 0.25) is 5.95 Å². The van der Waals surface area contributed by atoms with Gasteiger partial charge >= 0.3 is 0 Å². The van der Waals surface area contributed by atoms with Gasteiger partial charge in [-0.1, -0.05) is 36.4 Å². The van der Waals surface area contributed by atoms with Crippen LogP contribution in [0.5, 0.6) is 5.75 Å². The molecular formula is C18H19N5O. The predicted molar refractivity (Wildman–Crippen MR) is 94.6 cm³/mol. The first-order valence-electron chi connectivity index (χ1n) is 7.64. The molecule has 122 valence electrons. The van der Waals surface area contributed by atoms with E-state index < -0.39 is 0 Å². The molecule has 0 spiro atoms. The second-order valence-corrected chi connectivity index (χ2v) is 5.27. The van der Waals surface area contributed by atoms with Crippen molar-refractivity contribution in [2.45, 2.75) is 13.5 Å². The van der Waals surface area contributed by atoms with Crippen molar-refractivity contribution in [1.29, 1.82) is 0 Å². The summed E-state index contributed by atoms with van der Waals surface area (Å²) in [7, 11) is 1.66. The lowest BCUT2D eigenvalue weighted by molar-refractivity contribution is 0.410. The van der Waals surface area contributed by atoms with Gasteiger partial charge in [0.1, 0.15) is 5.75 Å². The van der Waals surface area contributed by atoms with Crippen molar-refractivity contribution in [3.63, 3.8) is 0 Å². The minimum absolute atomic E-state index is 0.458. The van der Waals surface area contributed by atoms with Gasteiger partial charge in [-0.3, -0.25) is 0 Å². The number of aromatic nitrogens is 3. The zero-order valence-corrected chi connectivity index (χ0v) is 13.7. The second kappa shape index (κ2) is 7.41. The largest absolute Gasteiger partial charge is 0.496 e. The fourth-order valence-electron chi connectivity index (χ4n) is 2.31. The van der Waals surface area contributed by atoms with Crippen molar-refractivity contribution in [3.05, 3.63) is 65.9 Å². The first-order valence-corrected chi connectivity index (χ1v) is 7.64. The summed E-state index contributed by atoms with van der Waals surface area (Å²) in [5, 5.41) is 14.4. The molecule has 0 saturated heterocycles. The van der Waals surface area contributed by atoms with Crippen molar-refractivity contribution in [2.75, 3.05) is 17.7 Å². The Morgan fingerprint density at radius 2 is 1.83 bits per heavy atom. The summed E-state index contributed by atoms with van der Waals surface area (Å²) in [6.45, 7) is 2.59. The summed E-state index contributed by atoms with van der Waals surface area (Å²) >= 11 is 0. The van der Waals surface area contributed by atoms with E-state index in [2.05, 4.69) is 25.8 Å². The molecule has 0 unspecified atom stereocenters. The lowest BCUT2D eigenvalue weighted by atomic mass is 10.2. The van der Waals surface area contributed by atoms with Crippen molar-refractivity contribution in [2.24, 2.45) is 0 Å². The van der Waals surface area contributed by atoms with Crippen LogP contribution >= 0.6 is 0 Å². The first-order chi connectivity index (χ1) is 11.8. The van der Waals surface area contributed by atoms with E-state index in [1.54, 1.807) is 13.3 Å². The van der Waals surface area contributed by atoms with Crippen LogP contribution in [0.2, 0.25) is 0 Å². The highest BCUT2D eigenvalue weighted by Crippen LogP contribution is 2.20. The molecule has 24 heavy (non-hydrogen) atoms. The van der Waals surface area contributed by atoms with Crippen LogP contribution in [0.25, 0.3) is 0 Å². The van der Waals surface area contributed by atoms with Crippen molar-refractivity contribution >= 4 is 17.5 Å². The number of anilines is 3. The quantitative estimate of drug-likeness (QED) is 0.723. The van der Waals surface area contributed by atoms with Gasteiger partial charge in [0.25, 0.3) is 0 Å². The molecule has 3 rings (SSSR count). The van der Waals surface area contributed by atoms with Crippen LogP contribution < -0.4 is 15.4 Å². The molecule has 2 N–H and O–H groups in total. The number of para-hydroxylation sites is 2. The van der Waals surface area contributed by atoms with Crippen LogP contribution in [0.15, 0.2) is 54.7 Å². The minimum Gasteiger partial charge on any atom is -0.496 e. The molecule has 0 aliphatic carbocycles. The lowest BCUT2D eigenvalue weighted by Crippen LogP contribution is -2.07. The molecule has 0 saturated carbocycles.